The van der Waals surface area contributed by atoms with Crippen LogP contribution in [-0.2, 0) is 16.0 Å². The molecule has 1 rings (SSSR count). The Kier molecular flexibility index (Phi) is 4.99. The van der Waals surface area contributed by atoms with Gasteiger partial charge in [-0.25, -0.2) is 9.59 Å². The van der Waals surface area contributed by atoms with Gasteiger partial charge in [0.2, 0.25) is 0 Å². The molecule has 19 heavy (non-hydrogen) atoms. The summed E-state index contributed by atoms with van der Waals surface area (Å²) in [7, 11) is 0. The zero-order valence-electron chi connectivity index (χ0n) is 10.9. The van der Waals surface area contributed by atoms with E-state index in [0.717, 1.165) is 0 Å². The van der Waals surface area contributed by atoms with Gasteiger partial charge in [-0.1, -0.05) is 0 Å². The first-order valence-electron chi connectivity index (χ1n) is 5.62. The van der Waals surface area contributed by atoms with Crippen LogP contribution < -0.4 is 5.32 Å². The number of carboxylic acid groups (broad SMARTS) is 1. The van der Waals surface area contributed by atoms with Gasteiger partial charge in [-0.15, -0.1) is 0 Å². The normalized spacial score (nSPS) is 12.8. The van der Waals surface area contributed by atoms with Crippen LogP contribution in [0, 0.1) is 0 Å². The van der Waals surface area contributed by atoms with Crippen molar-refractivity contribution in [3.63, 3.8) is 0 Å². The fourth-order valence-electron chi connectivity index (χ4n) is 1.34. The zero-order valence-corrected chi connectivity index (χ0v) is 12.5. The highest BCUT2D eigenvalue weighted by Crippen LogP contribution is 2.16. The number of halogens is 1. The minimum Gasteiger partial charge on any atom is -0.480 e. The number of alkyl carbamates (subject to hydrolysis) is 1. The fourth-order valence-corrected chi connectivity index (χ4v) is 1.73. The van der Waals surface area contributed by atoms with Crippen LogP contribution >= 0.6 is 15.9 Å². The van der Waals surface area contributed by atoms with Crippen molar-refractivity contribution in [2.24, 2.45) is 0 Å². The van der Waals surface area contributed by atoms with Crippen LogP contribution in [0.25, 0.3) is 0 Å². The summed E-state index contributed by atoms with van der Waals surface area (Å²) in [5.41, 5.74) is -0.0125. The molecule has 0 spiro atoms. The molecule has 0 bridgehead atoms. The highest BCUT2D eigenvalue weighted by Gasteiger charge is 2.24. The molecule has 1 heterocycles. The van der Waals surface area contributed by atoms with Crippen molar-refractivity contribution in [2.45, 2.75) is 38.8 Å². The molecule has 2 N–H and O–H groups in total. The van der Waals surface area contributed by atoms with E-state index in [0.29, 0.717) is 10.2 Å². The summed E-state index contributed by atoms with van der Waals surface area (Å²) in [5, 5.41) is 11.4. The number of furan rings is 1. The lowest BCUT2D eigenvalue weighted by molar-refractivity contribution is -0.139. The number of hydrogen-bond acceptors (Lipinski definition) is 4. The number of aliphatic carboxylic acids is 1. The van der Waals surface area contributed by atoms with E-state index in [9.17, 15) is 9.59 Å². The number of rotatable bonds is 4. The first-order chi connectivity index (χ1) is 8.67. The maximum Gasteiger partial charge on any atom is 0.408 e. The highest BCUT2D eigenvalue weighted by atomic mass is 79.9. The predicted octanol–water partition coefficient (Wildman–Crippen LogP) is 2.56. The monoisotopic (exact) mass is 333 g/mol. The third kappa shape index (κ3) is 5.78. The SMILES string of the molecule is CC(C)(C)OC(=O)NC(Cc1coc(Br)c1)C(=O)O. The van der Waals surface area contributed by atoms with Gasteiger partial charge in [0.05, 0.1) is 6.26 Å². The van der Waals surface area contributed by atoms with Gasteiger partial charge in [-0.05, 0) is 48.3 Å². The average molecular weight is 334 g/mol. The molecule has 1 atom stereocenters. The molecule has 1 aromatic rings. The molecule has 1 unspecified atom stereocenters. The number of carbonyl (C=O) groups excluding carboxylic acids is 1. The number of ether oxygens (including phenoxy) is 1. The van der Waals surface area contributed by atoms with Gasteiger partial charge in [-0.2, -0.15) is 0 Å². The highest BCUT2D eigenvalue weighted by molar-refractivity contribution is 9.10. The van der Waals surface area contributed by atoms with Gasteiger partial charge >= 0.3 is 12.1 Å². The van der Waals surface area contributed by atoms with Crippen molar-refractivity contribution < 1.29 is 23.8 Å². The molecule has 1 amide bonds. The smallest absolute Gasteiger partial charge is 0.408 e. The second-order valence-electron chi connectivity index (χ2n) is 5.00. The van der Waals surface area contributed by atoms with Crippen LogP contribution in [0.15, 0.2) is 21.4 Å². The third-order valence-corrected chi connectivity index (χ3v) is 2.47. The standard InChI is InChI=1S/C12H16BrNO5/c1-12(2,3)19-11(17)14-8(10(15)16)4-7-5-9(13)18-6-7/h5-6,8H,4H2,1-3H3,(H,14,17)(H,15,16). The average Bonchev–Trinajstić information content (AvgIpc) is 2.60. The number of nitrogens with one attached hydrogen (secondary N) is 1. The first-order valence-corrected chi connectivity index (χ1v) is 6.42. The number of carbonyl (C=O) groups is 2. The Hall–Kier alpha value is -1.50. The summed E-state index contributed by atoms with van der Waals surface area (Å²) in [5.74, 6) is -1.14. The maximum absolute atomic E-state index is 11.5. The molecular weight excluding hydrogens is 318 g/mol. The van der Waals surface area contributed by atoms with Crippen LogP contribution in [0.5, 0.6) is 0 Å². The molecule has 0 radical (unpaired) electrons. The Balaban J connectivity index is 2.63. The van der Waals surface area contributed by atoms with Gasteiger partial charge in [0.1, 0.15) is 11.6 Å². The van der Waals surface area contributed by atoms with Gasteiger partial charge in [0.15, 0.2) is 4.67 Å². The van der Waals surface area contributed by atoms with Crippen molar-refractivity contribution in [3.8, 4) is 0 Å². The molecule has 6 nitrogen and oxygen atoms in total. The molecule has 0 saturated heterocycles. The second-order valence-corrected chi connectivity index (χ2v) is 5.78. The van der Waals surface area contributed by atoms with Crippen LogP contribution in [-0.4, -0.2) is 28.8 Å². The Morgan fingerprint density at radius 3 is 2.58 bits per heavy atom. The minimum absolute atomic E-state index is 0.115. The Bertz CT molecular complexity index is 463. The Labute approximate surface area is 119 Å². The number of hydrogen-bond donors (Lipinski definition) is 2. The fraction of sp³-hybridized carbons (Fsp3) is 0.500. The third-order valence-electron chi connectivity index (χ3n) is 2.05. The lowest BCUT2D eigenvalue weighted by Crippen LogP contribution is -2.44. The van der Waals surface area contributed by atoms with Crippen molar-refractivity contribution in [2.75, 3.05) is 0 Å². The van der Waals surface area contributed by atoms with Crippen LogP contribution in [0.4, 0.5) is 4.79 Å². The summed E-state index contributed by atoms with van der Waals surface area (Å²) < 4.78 is 10.5. The summed E-state index contributed by atoms with van der Waals surface area (Å²) >= 11 is 3.12. The Morgan fingerprint density at radius 2 is 2.16 bits per heavy atom. The van der Waals surface area contributed by atoms with E-state index >= 15 is 0 Å². The number of amides is 1. The molecule has 0 saturated carbocycles. The van der Waals surface area contributed by atoms with Gasteiger partial charge in [-0.3, -0.25) is 0 Å². The van der Waals surface area contributed by atoms with E-state index in [2.05, 4.69) is 21.2 Å². The van der Waals surface area contributed by atoms with E-state index in [1.165, 1.54) is 6.26 Å². The Morgan fingerprint density at radius 1 is 1.53 bits per heavy atom. The van der Waals surface area contributed by atoms with E-state index < -0.39 is 23.7 Å². The molecule has 0 aliphatic heterocycles. The van der Waals surface area contributed by atoms with E-state index in [1.807, 2.05) is 0 Å². The largest absolute Gasteiger partial charge is 0.480 e. The van der Waals surface area contributed by atoms with Gasteiger partial charge in [0.25, 0.3) is 0 Å². The van der Waals surface area contributed by atoms with E-state index in [-0.39, 0.29) is 6.42 Å². The van der Waals surface area contributed by atoms with Crippen LogP contribution in [0.2, 0.25) is 0 Å². The summed E-state index contributed by atoms with van der Waals surface area (Å²) in [6.07, 6.45) is 0.781. The van der Waals surface area contributed by atoms with Crippen LogP contribution in [0.3, 0.4) is 0 Å². The van der Waals surface area contributed by atoms with Crippen molar-refractivity contribution in [1.82, 2.24) is 5.32 Å². The number of carboxylic acids is 1. The minimum atomic E-state index is -1.14. The first kappa shape index (κ1) is 15.6. The molecule has 7 heteroatoms. The van der Waals surface area contributed by atoms with E-state index in [4.69, 9.17) is 14.3 Å². The van der Waals surface area contributed by atoms with Gasteiger partial charge < -0.3 is 19.6 Å². The quantitative estimate of drug-likeness (QED) is 0.883. The van der Waals surface area contributed by atoms with Crippen molar-refractivity contribution >= 4 is 28.0 Å². The molecule has 0 fully saturated rings. The topological polar surface area (TPSA) is 88.8 Å². The summed E-state index contributed by atoms with van der Waals surface area (Å²) in [6.45, 7) is 5.11. The lowest BCUT2D eigenvalue weighted by atomic mass is 10.1. The second kappa shape index (κ2) is 6.10. The molecular formula is C12H16BrNO5. The molecule has 0 aliphatic carbocycles. The van der Waals surface area contributed by atoms with Crippen molar-refractivity contribution in [1.29, 1.82) is 0 Å². The van der Waals surface area contributed by atoms with Crippen LogP contribution in [0.1, 0.15) is 26.3 Å². The molecule has 0 aliphatic rings. The van der Waals surface area contributed by atoms with Gasteiger partial charge in [0, 0.05) is 6.42 Å². The van der Waals surface area contributed by atoms with Crippen molar-refractivity contribution in [3.05, 3.63) is 22.6 Å². The zero-order chi connectivity index (χ0) is 14.6. The summed E-state index contributed by atoms with van der Waals surface area (Å²) in [4.78, 5) is 22.6. The summed E-state index contributed by atoms with van der Waals surface area (Å²) in [6, 6.07) is 0.576. The predicted molar refractivity (Wildman–Crippen MR) is 70.9 cm³/mol. The molecule has 1 aromatic heterocycles. The maximum atomic E-state index is 11.5. The lowest BCUT2D eigenvalue weighted by Gasteiger charge is -2.21. The molecule has 106 valence electrons. The van der Waals surface area contributed by atoms with E-state index in [1.54, 1.807) is 26.8 Å². The molecule has 0 aromatic carbocycles.